The summed E-state index contributed by atoms with van der Waals surface area (Å²) in [5.41, 5.74) is 7.48. The smallest absolute Gasteiger partial charge is 0.256 e. The molecule has 2 aromatic rings. The number of nitrogens with one attached hydrogen (secondary N) is 2. The minimum absolute atomic E-state index is 0.0455. The fraction of sp³-hybridized carbons (Fsp3) is 0.235. The molecule has 28 heavy (non-hydrogen) atoms. The van der Waals surface area contributed by atoms with Crippen molar-refractivity contribution in [2.45, 2.75) is 19.4 Å². The van der Waals surface area contributed by atoms with Crippen LogP contribution >= 0.6 is 23.2 Å². The van der Waals surface area contributed by atoms with Crippen LogP contribution in [0.25, 0.3) is 0 Å². The van der Waals surface area contributed by atoms with Crippen molar-refractivity contribution in [1.82, 2.24) is 25.8 Å². The van der Waals surface area contributed by atoms with Crippen LogP contribution in [-0.4, -0.2) is 33.4 Å². The van der Waals surface area contributed by atoms with E-state index in [2.05, 4.69) is 20.9 Å². The highest BCUT2D eigenvalue weighted by molar-refractivity contribution is 6.37. The maximum absolute atomic E-state index is 14.0. The first-order chi connectivity index (χ1) is 13.4. The van der Waals surface area contributed by atoms with Gasteiger partial charge in [0.15, 0.2) is 11.6 Å². The van der Waals surface area contributed by atoms with E-state index in [-0.39, 0.29) is 34.1 Å². The fourth-order valence-electron chi connectivity index (χ4n) is 3.17. The zero-order chi connectivity index (χ0) is 20.0. The number of halogens is 4. The van der Waals surface area contributed by atoms with E-state index >= 15 is 0 Å². The second kappa shape index (κ2) is 7.16. The Kier molecular flexibility index (Phi) is 4.82. The molecule has 7 nitrogen and oxygen atoms in total. The maximum Gasteiger partial charge on any atom is 0.256 e. The molecule has 3 heterocycles. The van der Waals surface area contributed by atoms with E-state index in [0.717, 1.165) is 23.8 Å². The van der Waals surface area contributed by atoms with Crippen molar-refractivity contribution in [3.05, 3.63) is 63.2 Å². The van der Waals surface area contributed by atoms with Crippen LogP contribution < -0.4 is 16.0 Å². The first kappa shape index (κ1) is 18.9. The molecule has 2 N–H and O–H groups in total. The Hall–Kier alpha value is -2.49. The van der Waals surface area contributed by atoms with Gasteiger partial charge in [0, 0.05) is 12.5 Å². The number of carbonyl (C=O) groups is 1. The predicted molar refractivity (Wildman–Crippen MR) is 99.3 cm³/mol. The van der Waals surface area contributed by atoms with Gasteiger partial charge >= 0.3 is 0 Å². The average molecular weight is 427 g/mol. The lowest BCUT2D eigenvalue weighted by Gasteiger charge is -2.34. The standard InChI is InChI=1S/C17H14Cl2F2N6O/c1-8-4-13-12(24-25-27(13)17-22-5-9(20)6-23-17)7-26(8)16(28)10-2-3-11(18)15(21)14(10)19/h2-3,5-6,8,24-25H,4,7H2,1H3. The van der Waals surface area contributed by atoms with Crippen molar-refractivity contribution in [3.63, 3.8) is 0 Å². The van der Waals surface area contributed by atoms with Crippen molar-refractivity contribution in [2.75, 3.05) is 11.6 Å². The summed E-state index contributed by atoms with van der Waals surface area (Å²) < 4.78 is 27.1. The van der Waals surface area contributed by atoms with Gasteiger partial charge < -0.3 is 10.3 Å². The van der Waals surface area contributed by atoms with Gasteiger partial charge in [-0.25, -0.2) is 23.8 Å². The highest BCUT2D eigenvalue weighted by atomic mass is 35.5. The number of benzene rings is 1. The largest absolute Gasteiger partial charge is 0.330 e. The van der Waals surface area contributed by atoms with Crippen LogP contribution in [-0.2, 0) is 0 Å². The van der Waals surface area contributed by atoms with Crippen LogP contribution in [0.5, 0.6) is 0 Å². The number of aromatic nitrogens is 2. The van der Waals surface area contributed by atoms with Crippen molar-refractivity contribution in [2.24, 2.45) is 0 Å². The van der Waals surface area contributed by atoms with E-state index in [1.165, 1.54) is 12.1 Å². The van der Waals surface area contributed by atoms with Gasteiger partial charge in [0.2, 0.25) is 5.95 Å². The minimum atomic E-state index is -0.820. The molecule has 1 unspecified atom stereocenters. The first-order valence-corrected chi connectivity index (χ1v) is 9.08. The Labute approximate surface area is 168 Å². The molecule has 0 bridgehead atoms. The van der Waals surface area contributed by atoms with Crippen molar-refractivity contribution < 1.29 is 13.6 Å². The molecule has 1 aromatic carbocycles. The van der Waals surface area contributed by atoms with E-state index in [9.17, 15) is 13.6 Å². The molecule has 1 atom stereocenters. The summed E-state index contributed by atoms with van der Waals surface area (Å²) in [6, 6.07) is 2.50. The third-order valence-electron chi connectivity index (χ3n) is 4.62. The van der Waals surface area contributed by atoms with Gasteiger partial charge in [0.1, 0.15) is 0 Å². The Balaban J connectivity index is 1.60. The summed E-state index contributed by atoms with van der Waals surface area (Å²) in [5, 5.41) is 1.15. The normalized spacial score (nSPS) is 19.0. The van der Waals surface area contributed by atoms with E-state index in [1.54, 1.807) is 9.91 Å². The van der Waals surface area contributed by atoms with Gasteiger partial charge in [-0.1, -0.05) is 23.2 Å². The summed E-state index contributed by atoms with van der Waals surface area (Å²) in [7, 11) is 0. The van der Waals surface area contributed by atoms with E-state index in [0.29, 0.717) is 6.42 Å². The molecule has 1 aromatic heterocycles. The Morgan fingerprint density at radius 1 is 1.25 bits per heavy atom. The van der Waals surface area contributed by atoms with Gasteiger partial charge in [-0.15, -0.1) is 5.53 Å². The van der Waals surface area contributed by atoms with Crippen molar-refractivity contribution in [3.8, 4) is 0 Å². The number of nitrogens with zero attached hydrogens (tertiary/aromatic N) is 4. The van der Waals surface area contributed by atoms with Crippen LogP contribution in [0.4, 0.5) is 14.7 Å². The highest BCUT2D eigenvalue weighted by Gasteiger charge is 2.36. The fourth-order valence-corrected chi connectivity index (χ4v) is 3.62. The zero-order valence-electron chi connectivity index (χ0n) is 14.5. The summed E-state index contributed by atoms with van der Waals surface area (Å²) in [5.74, 6) is -1.49. The summed E-state index contributed by atoms with van der Waals surface area (Å²) >= 11 is 11.7. The minimum Gasteiger partial charge on any atom is -0.330 e. The highest BCUT2D eigenvalue weighted by Crippen LogP contribution is 2.32. The molecule has 11 heteroatoms. The number of rotatable bonds is 2. The molecule has 0 saturated heterocycles. The topological polar surface area (TPSA) is 73.4 Å². The molecule has 2 aliphatic heterocycles. The third-order valence-corrected chi connectivity index (χ3v) is 5.28. The molecule has 0 spiro atoms. The lowest BCUT2D eigenvalue weighted by atomic mass is 10.0. The summed E-state index contributed by atoms with van der Waals surface area (Å²) in [4.78, 5) is 22.5. The van der Waals surface area contributed by atoms with Gasteiger partial charge in [-0.3, -0.25) is 4.79 Å². The quantitative estimate of drug-likeness (QED) is 0.719. The second-order valence-electron chi connectivity index (χ2n) is 6.41. The number of hydrogen-bond acceptors (Lipinski definition) is 6. The van der Waals surface area contributed by atoms with Gasteiger partial charge in [0.05, 0.1) is 45.9 Å². The van der Waals surface area contributed by atoms with Crippen molar-refractivity contribution in [1.29, 1.82) is 0 Å². The van der Waals surface area contributed by atoms with Crippen LogP contribution in [0.15, 0.2) is 35.9 Å². The average Bonchev–Trinajstić information content (AvgIpc) is 3.08. The molecule has 0 radical (unpaired) electrons. The van der Waals surface area contributed by atoms with E-state index < -0.39 is 17.5 Å². The summed E-state index contributed by atoms with van der Waals surface area (Å²) in [6.45, 7) is 2.10. The first-order valence-electron chi connectivity index (χ1n) is 8.32. The predicted octanol–water partition coefficient (Wildman–Crippen LogP) is 3.04. The molecule has 0 fully saturated rings. The Bertz CT molecular complexity index is 984. The molecular weight excluding hydrogens is 413 g/mol. The second-order valence-corrected chi connectivity index (χ2v) is 7.19. The molecule has 2 aliphatic rings. The number of anilines is 1. The lowest BCUT2D eigenvalue weighted by molar-refractivity contribution is 0.0695. The SMILES string of the molecule is CC1CC2=C(CN1C(=O)c1ccc(Cl)c(F)c1Cl)NNN2c1ncc(F)cn1. The molecule has 146 valence electrons. The molecule has 4 rings (SSSR count). The number of amides is 1. The Morgan fingerprint density at radius 2 is 1.96 bits per heavy atom. The molecule has 0 aliphatic carbocycles. The molecular formula is C17H14Cl2F2N6O. The van der Waals surface area contributed by atoms with Crippen LogP contribution in [0, 0.1) is 11.6 Å². The molecule has 1 amide bonds. The van der Waals surface area contributed by atoms with Crippen LogP contribution in [0.2, 0.25) is 10.0 Å². The van der Waals surface area contributed by atoms with Gasteiger partial charge in [-0.05, 0) is 19.1 Å². The van der Waals surface area contributed by atoms with Crippen LogP contribution in [0.1, 0.15) is 23.7 Å². The number of carbonyl (C=O) groups excluding carboxylic acids is 1. The van der Waals surface area contributed by atoms with Gasteiger partial charge in [0.25, 0.3) is 5.91 Å². The monoisotopic (exact) mass is 426 g/mol. The third kappa shape index (κ3) is 3.15. The van der Waals surface area contributed by atoms with Gasteiger partial charge in [-0.2, -0.15) is 0 Å². The summed E-state index contributed by atoms with van der Waals surface area (Å²) in [6.07, 6.45) is 2.61. The Morgan fingerprint density at radius 3 is 2.68 bits per heavy atom. The van der Waals surface area contributed by atoms with E-state index in [4.69, 9.17) is 23.2 Å². The lowest BCUT2D eigenvalue weighted by Crippen LogP contribution is -2.44. The zero-order valence-corrected chi connectivity index (χ0v) is 16.0. The number of hydrogen-bond donors (Lipinski definition) is 2. The van der Waals surface area contributed by atoms with E-state index in [1.807, 2.05) is 6.92 Å². The molecule has 0 saturated carbocycles. The van der Waals surface area contributed by atoms with Crippen LogP contribution in [0.3, 0.4) is 0 Å². The maximum atomic E-state index is 14.0. The number of hydrazine groups is 2. The van der Waals surface area contributed by atoms with Crippen molar-refractivity contribution >= 4 is 35.1 Å².